The van der Waals surface area contributed by atoms with Gasteiger partial charge in [0.25, 0.3) is 0 Å². The first-order chi connectivity index (χ1) is 10.1. The van der Waals surface area contributed by atoms with Crippen molar-refractivity contribution in [2.45, 2.75) is 37.2 Å². The molecule has 0 saturated heterocycles. The van der Waals surface area contributed by atoms with Gasteiger partial charge in [0.2, 0.25) is 10.0 Å². The maximum Gasteiger partial charge on any atom is 0.241 e. The summed E-state index contributed by atoms with van der Waals surface area (Å²) in [6, 6.07) is 5.52. The van der Waals surface area contributed by atoms with E-state index in [2.05, 4.69) is 17.0 Å². The summed E-state index contributed by atoms with van der Waals surface area (Å²) in [5.41, 5.74) is 0. The average Bonchev–Trinajstić information content (AvgIpc) is 3.10. The molecular formula is C14H20N2O2S3. The molecule has 2 aromatic heterocycles. The van der Waals surface area contributed by atoms with Gasteiger partial charge >= 0.3 is 0 Å². The van der Waals surface area contributed by atoms with Crippen LogP contribution in [-0.2, 0) is 16.6 Å². The van der Waals surface area contributed by atoms with Crippen molar-refractivity contribution < 1.29 is 8.42 Å². The minimum absolute atomic E-state index is 0.146. The molecule has 0 spiro atoms. The predicted molar refractivity (Wildman–Crippen MR) is 89.4 cm³/mol. The lowest BCUT2D eigenvalue weighted by Gasteiger charge is -2.16. The molecule has 0 saturated carbocycles. The SMILES string of the molecule is CCCC(NS(=O)(=O)c1csc(CNC)c1)c1cccs1. The molecule has 2 aromatic rings. The van der Waals surface area contributed by atoms with Gasteiger partial charge in [0, 0.05) is 21.7 Å². The van der Waals surface area contributed by atoms with Gasteiger partial charge in [-0.2, -0.15) is 0 Å². The summed E-state index contributed by atoms with van der Waals surface area (Å²) in [4.78, 5) is 2.43. The van der Waals surface area contributed by atoms with Crippen LogP contribution in [-0.4, -0.2) is 15.5 Å². The Bertz CT molecular complexity index is 648. The van der Waals surface area contributed by atoms with Gasteiger partial charge in [0.1, 0.15) is 0 Å². The highest BCUT2D eigenvalue weighted by Crippen LogP contribution is 2.27. The Hall–Kier alpha value is -0.730. The first kappa shape index (κ1) is 16.6. The summed E-state index contributed by atoms with van der Waals surface area (Å²) in [7, 11) is -1.62. The van der Waals surface area contributed by atoms with E-state index < -0.39 is 10.0 Å². The predicted octanol–water partition coefficient (Wildman–Crippen LogP) is 3.35. The minimum Gasteiger partial charge on any atom is -0.315 e. The van der Waals surface area contributed by atoms with E-state index in [9.17, 15) is 8.42 Å². The van der Waals surface area contributed by atoms with Crippen molar-refractivity contribution in [1.29, 1.82) is 0 Å². The third-order valence-electron chi connectivity index (χ3n) is 3.05. The molecule has 7 heteroatoms. The molecule has 1 unspecified atom stereocenters. The van der Waals surface area contributed by atoms with E-state index in [0.29, 0.717) is 11.4 Å². The van der Waals surface area contributed by atoms with Gasteiger partial charge in [-0.15, -0.1) is 22.7 Å². The quantitative estimate of drug-likeness (QED) is 0.772. The van der Waals surface area contributed by atoms with E-state index in [0.717, 1.165) is 22.6 Å². The molecular weight excluding hydrogens is 324 g/mol. The lowest BCUT2D eigenvalue weighted by Crippen LogP contribution is -2.27. The van der Waals surface area contributed by atoms with Crippen molar-refractivity contribution in [1.82, 2.24) is 10.0 Å². The molecule has 2 N–H and O–H groups in total. The van der Waals surface area contributed by atoms with Crippen LogP contribution >= 0.6 is 22.7 Å². The van der Waals surface area contributed by atoms with Gasteiger partial charge in [0.05, 0.1) is 10.9 Å². The molecule has 0 bridgehead atoms. The van der Waals surface area contributed by atoms with E-state index in [1.165, 1.54) is 11.3 Å². The summed E-state index contributed by atoms with van der Waals surface area (Å²) in [5.74, 6) is 0. The van der Waals surface area contributed by atoms with Gasteiger partial charge in [-0.3, -0.25) is 0 Å². The second-order valence-corrected chi connectivity index (χ2v) is 8.45. The van der Waals surface area contributed by atoms with Crippen LogP contribution in [0, 0.1) is 0 Å². The van der Waals surface area contributed by atoms with Crippen LogP contribution in [0.2, 0.25) is 0 Å². The fourth-order valence-electron chi connectivity index (χ4n) is 2.06. The monoisotopic (exact) mass is 344 g/mol. The largest absolute Gasteiger partial charge is 0.315 e. The smallest absolute Gasteiger partial charge is 0.241 e. The summed E-state index contributed by atoms with van der Waals surface area (Å²) in [6.45, 7) is 2.74. The Morgan fingerprint density at radius 1 is 1.33 bits per heavy atom. The summed E-state index contributed by atoms with van der Waals surface area (Å²) in [5, 5.41) is 6.70. The fourth-order valence-corrected chi connectivity index (χ4v) is 5.48. The number of nitrogens with one attached hydrogen (secondary N) is 2. The standard InChI is InChI=1S/C14H20N2O2S3/c1-3-5-13(14-6-4-7-19-14)16-21(17,18)12-8-11(9-15-2)20-10-12/h4,6-8,10,13,15-16H,3,5,9H2,1-2H3. The topological polar surface area (TPSA) is 58.2 Å². The van der Waals surface area contributed by atoms with Crippen molar-refractivity contribution in [3.63, 3.8) is 0 Å². The lowest BCUT2D eigenvalue weighted by molar-refractivity contribution is 0.540. The molecule has 116 valence electrons. The van der Waals surface area contributed by atoms with Crippen molar-refractivity contribution >= 4 is 32.7 Å². The Morgan fingerprint density at radius 3 is 2.76 bits per heavy atom. The lowest BCUT2D eigenvalue weighted by atomic mass is 10.1. The van der Waals surface area contributed by atoms with Crippen LogP contribution in [0.3, 0.4) is 0 Å². The zero-order chi connectivity index (χ0) is 15.3. The maximum absolute atomic E-state index is 12.5. The molecule has 0 aliphatic carbocycles. The summed E-state index contributed by atoms with van der Waals surface area (Å²) < 4.78 is 27.9. The Kier molecular flexibility index (Phi) is 5.95. The van der Waals surface area contributed by atoms with E-state index in [-0.39, 0.29) is 6.04 Å². The van der Waals surface area contributed by atoms with E-state index in [1.807, 2.05) is 24.6 Å². The maximum atomic E-state index is 12.5. The highest BCUT2D eigenvalue weighted by Gasteiger charge is 2.22. The normalized spacial score (nSPS) is 13.4. The number of rotatable bonds is 8. The summed E-state index contributed by atoms with van der Waals surface area (Å²) >= 11 is 3.05. The number of hydrogen-bond acceptors (Lipinski definition) is 5. The van der Waals surface area contributed by atoms with E-state index in [1.54, 1.807) is 22.8 Å². The third kappa shape index (κ3) is 4.37. The van der Waals surface area contributed by atoms with Crippen LogP contribution in [0.4, 0.5) is 0 Å². The molecule has 2 rings (SSSR count). The van der Waals surface area contributed by atoms with Crippen LogP contribution < -0.4 is 10.0 Å². The van der Waals surface area contributed by atoms with E-state index >= 15 is 0 Å². The van der Waals surface area contributed by atoms with Crippen molar-refractivity contribution in [3.8, 4) is 0 Å². The molecule has 4 nitrogen and oxygen atoms in total. The summed E-state index contributed by atoms with van der Waals surface area (Å²) in [6.07, 6.45) is 1.73. The third-order valence-corrected chi connectivity index (χ3v) is 6.58. The van der Waals surface area contributed by atoms with Gasteiger partial charge in [-0.1, -0.05) is 19.4 Å². The highest BCUT2D eigenvalue weighted by atomic mass is 32.2. The van der Waals surface area contributed by atoms with Crippen LogP contribution in [0.1, 0.15) is 35.6 Å². The van der Waals surface area contributed by atoms with E-state index in [4.69, 9.17) is 0 Å². The van der Waals surface area contributed by atoms with Crippen LogP contribution in [0.15, 0.2) is 33.9 Å². The molecule has 0 aliphatic heterocycles. The molecule has 21 heavy (non-hydrogen) atoms. The first-order valence-corrected chi connectivity index (χ1v) is 10.1. The fraction of sp³-hybridized carbons (Fsp3) is 0.429. The van der Waals surface area contributed by atoms with Gasteiger partial charge < -0.3 is 5.32 Å². The molecule has 0 aliphatic rings. The second-order valence-electron chi connectivity index (χ2n) is 4.76. The molecule has 0 aromatic carbocycles. The molecule has 0 radical (unpaired) electrons. The number of hydrogen-bond donors (Lipinski definition) is 2. The average molecular weight is 345 g/mol. The Balaban J connectivity index is 2.17. The minimum atomic E-state index is -3.47. The number of sulfonamides is 1. The van der Waals surface area contributed by atoms with Crippen molar-refractivity contribution in [2.24, 2.45) is 0 Å². The zero-order valence-corrected chi connectivity index (χ0v) is 14.6. The Labute approximate surface area is 134 Å². The molecule has 0 amide bonds. The Morgan fingerprint density at radius 2 is 2.14 bits per heavy atom. The highest BCUT2D eigenvalue weighted by molar-refractivity contribution is 7.89. The van der Waals surface area contributed by atoms with Gasteiger partial charge in [-0.05, 0) is 31.0 Å². The van der Waals surface area contributed by atoms with Crippen molar-refractivity contribution in [3.05, 3.63) is 38.7 Å². The molecule has 1 atom stereocenters. The van der Waals surface area contributed by atoms with Gasteiger partial charge in [0.15, 0.2) is 0 Å². The zero-order valence-electron chi connectivity index (χ0n) is 12.1. The molecule has 2 heterocycles. The number of thiophene rings is 2. The molecule has 0 fully saturated rings. The second kappa shape index (κ2) is 7.51. The van der Waals surface area contributed by atoms with Gasteiger partial charge in [-0.25, -0.2) is 13.1 Å². The van der Waals surface area contributed by atoms with Crippen LogP contribution in [0.5, 0.6) is 0 Å². The first-order valence-electron chi connectivity index (χ1n) is 6.84. The van der Waals surface area contributed by atoms with Crippen molar-refractivity contribution in [2.75, 3.05) is 7.05 Å². The van der Waals surface area contributed by atoms with Crippen LogP contribution in [0.25, 0.3) is 0 Å².